The van der Waals surface area contributed by atoms with Crippen molar-refractivity contribution in [3.8, 4) is 5.75 Å². The zero-order chi connectivity index (χ0) is 15.8. The molecule has 0 heterocycles. The maximum Gasteiger partial charge on any atom is 0.143 e. The summed E-state index contributed by atoms with van der Waals surface area (Å²) < 4.78 is 6.18. The Morgan fingerprint density at radius 3 is 2.40 bits per heavy atom. The van der Waals surface area contributed by atoms with Crippen LogP contribution in [0.2, 0.25) is 5.02 Å². The van der Waals surface area contributed by atoms with E-state index in [2.05, 4.69) is 21.1 Å². The average Bonchev–Trinajstić information content (AvgIpc) is 2.32. The lowest BCUT2D eigenvalue weighted by molar-refractivity contribution is -0.870. The van der Waals surface area contributed by atoms with E-state index in [9.17, 15) is 9.90 Å². The van der Waals surface area contributed by atoms with E-state index in [1.54, 1.807) is 0 Å². The molecule has 1 aromatic rings. The van der Waals surface area contributed by atoms with Crippen molar-refractivity contribution in [2.45, 2.75) is 6.92 Å². The Labute approximate surface area is 124 Å². The molecular weight excluding hydrogens is 282 g/mol. The zero-order valence-corrected chi connectivity index (χ0v) is 13.1. The van der Waals surface area contributed by atoms with Crippen LogP contribution < -0.4 is 5.11 Å². The van der Waals surface area contributed by atoms with Crippen molar-refractivity contribution in [2.75, 3.05) is 40.9 Å². The fraction of sp³-hybridized carbons (Fsp3) is 0.500. The van der Waals surface area contributed by atoms with Gasteiger partial charge in [-0.05, 0) is 19.1 Å². The van der Waals surface area contributed by atoms with Crippen LogP contribution in [0.25, 0.3) is 0 Å². The summed E-state index contributed by atoms with van der Waals surface area (Å²) >= 11 is 5.42. The number of nitrogens with zero attached hydrogens (tertiary/aromatic N) is 1. The van der Waals surface area contributed by atoms with Crippen molar-refractivity contribution in [3.63, 3.8) is 0 Å². The number of quaternary nitrogens is 1. The summed E-state index contributed by atoms with van der Waals surface area (Å²) in [4.78, 5) is 10.2. The summed E-state index contributed by atoms with van der Waals surface area (Å²) in [5, 5.41) is 19.3. The number of hydrogen-bond donors (Lipinski definition) is 1. The first-order valence-corrected chi connectivity index (χ1v) is 6.64. The highest BCUT2D eigenvalue weighted by Crippen LogP contribution is 2.25. The molecule has 0 unspecified atom stereocenters. The normalized spacial score (nSPS) is 10.7. The highest BCUT2D eigenvalue weighted by molar-refractivity contribution is 6.32. The number of halogens is 1. The number of para-hydroxylation sites is 1. The molecule has 0 aliphatic rings. The van der Waals surface area contributed by atoms with Crippen molar-refractivity contribution in [3.05, 3.63) is 28.8 Å². The van der Waals surface area contributed by atoms with E-state index in [-0.39, 0.29) is 10.6 Å². The van der Waals surface area contributed by atoms with E-state index < -0.39 is 11.7 Å². The third-order valence-corrected chi connectivity index (χ3v) is 2.62. The largest absolute Gasteiger partial charge is 0.545 e. The summed E-state index contributed by atoms with van der Waals surface area (Å²) in [6.45, 7) is 4.82. The van der Waals surface area contributed by atoms with Gasteiger partial charge in [0.15, 0.2) is 0 Å². The number of carboxylic acid groups (broad SMARTS) is 1. The minimum absolute atomic E-state index is 0.00620. The van der Waals surface area contributed by atoms with Crippen molar-refractivity contribution in [1.29, 1.82) is 0 Å². The molecule has 0 saturated heterocycles. The van der Waals surface area contributed by atoms with Crippen LogP contribution in [-0.4, -0.2) is 56.5 Å². The molecule has 0 saturated carbocycles. The number of aromatic carboxylic acids is 1. The Morgan fingerprint density at radius 1 is 1.40 bits per heavy atom. The minimum Gasteiger partial charge on any atom is -0.545 e. The number of likely N-dealkylation sites (N-methyl/N-ethyl adjacent to an activating group) is 1. The molecule has 0 spiro atoms. The Kier molecular flexibility index (Phi) is 8.22. The van der Waals surface area contributed by atoms with Gasteiger partial charge in [0, 0.05) is 12.2 Å². The van der Waals surface area contributed by atoms with E-state index in [1.165, 1.54) is 18.2 Å². The number of carbonyl (C=O) groups excluding carboxylic acids is 1. The van der Waals surface area contributed by atoms with Gasteiger partial charge in [-0.15, -0.1) is 0 Å². The van der Waals surface area contributed by atoms with Crippen molar-refractivity contribution in [2.24, 2.45) is 0 Å². The molecular formula is C14H22ClNO4. The van der Waals surface area contributed by atoms with Crippen molar-refractivity contribution >= 4 is 17.6 Å². The first-order chi connectivity index (χ1) is 9.19. The van der Waals surface area contributed by atoms with Gasteiger partial charge in [0.05, 0.1) is 38.7 Å². The second-order valence-corrected chi connectivity index (χ2v) is 5.54. The molecule has 1 aromatic carbocycles. The molecule has 0 aromatic heterocycles. The molecule has 0 atom stereocenters. The van der Waals surface area contributed by atoms with Gasteiger partial charge >= 0.3 is 0 Å². The molecule has 20 heavy (non-hydrogen) atoms. The second-order valence-electron chi connectivity index (χ2n) is 5.13. The SMILES string of the molecule is CCOCC[N+](C)(C)C.O=C([O-])c1cccc(Cl)c1O. The number of aromatic hydroxyl groups is 1. The van der Waals surface area contributed by atoms with E-state index >= 15 is 0 Å². The van der Waals surface area contributed by atoms with E-state index in [4.69, 9.17) is 21.4 Å². The molecule has 6 heteroatoms. The zero-order valence-electron chi connectivity index (χ0n) is 12.4. The first-order valence-electron chi connectivity index (χ1n) is 6.26. The second kappa shape index (κ2) is 8.79. The summed E-state index contributed by atoms with van der Waals surface area (Å²) in [6, 6.07) is 4.03. The average molecular weight is 304 g/mol. The first kappa shape index (κ1) is 18.7. The summed E-state index contributed by atoms with van der Waals surface area (Å²) in [5.74, 6) is -1.89. The Hall–Kier alpha value is -1.30. The molecule has 1 rings (SSSR count). The van der Waals surface area contributed by atoms with E-state index in [0.29, 0.717) is 0 Å². The third kappa shape index (κ3) is 7.99. The number of ether oxygens (including phenoxy) is 1. The van der Waals surface area contributed by atoms with Gasteiger partial charge in [0.1, 0.15) is 12.3 Å². The summed E-state index contributed by atoms with van der Waals surface area (Å²) in [6.07, 6.45) is 0. The predicted octanol–water partition coefficient (Wildman–Crippen LogP) is 1.14. The Balaban J connectivity index is 0.000000370. The Morgan fingerprint density at radius 2 is 2.00 bits per heavy atom. The highest BCUT2D eigenvalue weighted by atomic mass is 35.5. The van der Waals surface area contributed by atoms with E-state index in [1.807, 2.05) is 6.92 Å². The maximum atomic E-state index is 10.2. The lowest BCUT2D eigenvalue weighted by Gasteiger charge is -2.23. The van der Waals surface area contributed by atoms with Crippen LogP contribution in [0.3, 0.4) is 0 Å². The number of rotatable bonds is 5. The lowest BCUT2D eigenvalue weighted by Crippen LogP contribution is -2.37. The van der Waals surface area contributed by atoms with Gasteiger partial charge in [-0.2, -0.15) is 0 Å². The molecule has 0 fully saturated rings. The van der Waals surface area contributed by atoms with Crippen LogP contribution in [0.1, 0.15) is 17.3 Å². The monoisotopic (exact) mass is 303 g/mol. The highest BCUT2D eigenvalue weighted by Gasteiger charge is 2.04. The number of carbonyl (C=O) groups is 1. The molecule has 0 radical (unpaired) electrons. The predicted molar refractivity (Wildman–Crippen MR) is 76.8 cm³/mol. The smallest absolute Gasteiger partial charge is 0.143 e. The minimum atomic E-state index is -1.44. The molecule has 0 aliphatic heterocycles. The molecule has 1 N–H and O–H groups in total. The Bertz CT molecular complexity index is 430. The van der Waals surface area contributed by atoms with Crippen LogP contribution in [-0.2, 0) is 4.74 Å². The number of carboxylic acids is 1. The maximum absolute atomic E-state index is 10.2. The standard InChI is InChI=1S/C7H5ClO3.C7H18NO/c8-5-3-1-2-4(6(5)9)7(10)11;1-5-9-7-6-8(2,3)4/h1-3,9H,(H,10,11);5-7H2,1-4H3/q;+1/p-1. The van der Waals surface area contributed by atoms with Gasteiger partial charge in [-0.1, -0.05) is 17.7 Å². The topological polar surface area (TPSA) is 69.6 Å². The quantitative estimate of drug-likeness (QED) is 0.654. The third-order valence-electron chi connectivity index (χ3n) is 2.32. The number of phenols is 1. The van der Waals surface area contributed by atoms with Crippen LogP contribution >= 0.6 is 11.6 Å². The molecule has 114 valence electrons. The number of benzene rings is 1. The van der Waals surface area contributed by atoms with E-state index in [0.717, 1.165) is 24.2 Å². The van der Waals surface area contributed by atoms with Gasteiger partial charge in [-0.25, -0.2) is 0 Å². The van der Waals surface area contributed by atoms with Crippen LogP contribution in [0.15, 0.2) is 18.2 Å². The van der Waals surface area contributed by atoms with Crippen LogP contribution in [0, 0.1) is 0 Å². The van der Waals surface area contributed by atoms with Crippen molar-refractivity contribution < 1.29 is 24.2 Å². The van der Waals surface area contributed by atoms with Crippen molar-refractivity contribution in [1.82, 2.24) is 0 Å². The molecule has 5 nitrogen and oxygen atoms in total. The fourth-order valence-electron chi connectivity index (χ4n) is 1.16. The van der Waals surface area contributed by atoms with Gasteiger partial charge in [0.2, 0.25) is 0 Å². The molecule has 0 amide bonds. The van der Waals surface area contributed by atoms with Gasteiger partial charge < -0.3 is 24.2 Å². The van der Waals surface area contributed by atoms with Crippen LogP contribution in [0.5, 0.6) is 5.75 Å². The summed E-state index contributed by atoms with van der Waals surface area (Å²) in [5.41, 5.74) is -0.294. The van der Waals surface area contributed by atoms with Gasteiger partial charge in [0.25, 0.3) is 0 Å². The van der Waals surface area contributed by atoms with Crippen LogP contribution in [0.4, 0.5) is 0 Å². The van der Waals surface area contributed by atoms with Gasteiger partial charge in [-0.3, -0.25) is 0 Å². The molecule has 0 aliphatic carbocycles. The number of hydrogen-bond acceptors (Lipinski definition) is 4. The molecule has 0 bridgehead atoms. The fourth-order valence-corrected chi connectivity index (χ4v) is 1.34. The lowest BCUT2D eigenvalue weighted by atomic mass is 10.2. The summed E-state index contributed by atoms with van der Waals surface area (Å²) in [7, 11) is 6.50.